The summed E-state index contributed by atoms with van der Waals surface area (Å²) < 4.78 is 27.6. The molecule has 0 amide bonds. The minimum atomic E-state index is -0.366. The average molecular weight is 327 g/mol. The fraction of sp³-hybridized carbons (Fsp3) is 0.214. The number of benzene rings is 1. The van der Waals surface area contributed by atoms with Gasteiger partial charge in [0, 0.05) is 17.8 Å². The number of nitrogens with one attached hydrogen (secondary N) is 1. The normalized spacial score (nSPS) is 12.4. The summed E-state index contributed by atoms with van der Waals surface area (Å²) in [5.74, 6) is -0.683. The van der Waals surface area contributed by atoms with Gasteiger partial charge in [0.05, 0.1) is 10.7 Å². The maximum Gasteiger partial charge on any atom is 0.146 e. The summed E-state index contributed by atoms with van der Waals surface area (Å²) in [6.45, 7) is 0. The Balaban J connectivity index is 2.30. The van der Waals surface area contributed by atoms with Gasteiger partial charge in [0.1, 0.15) is 11.6 Å². The summed E-state index contributed by atoms with van der Waals surface area (Å²) in [7, 11) is 1.75. The van der Waals surface area contributed by atoms with Gasteiger partial charge in [0.15, 0.2) is 0 Å². The first kappa shape index (κ1) is 14.1. The lowest BCUT2D eigenvalue weighted by Gasteiger charge is -2.18. The SMILES string of the molecule is CNC(Cc1cccc(F)c1Br)c1ccncc1F. The highest BCUT2D eigenvalue weighted by atomic mass is 79.9. The number of hydrogen-bond acceptors (Lipinski definition) is 2. The van der Waals surface area contributed by atoms with Crippen LogP contribution in [0.2, 0.25) is 0 Å². The van der Waals surface area contributed by atoms with Crippen LogP contribution in [0.1, 0.15) is 17.2 Å². The first-order valence-electron chi connectivity index (χ1n) is 5.83. The molecule has 1 N–H and O–H groups in total. The van der Waals surface area contributed by atoms with Crippen molar-refractivity contribution in [3.05, 3.63) is 63.9 Å². The number of nitrogens with zero attached hydrogens (tertiary/aromatic N) is 1. The van der Waals surface area contributed by atoms with E-state index in [1.807, 2.05) is 6.07 Å². The number of halogens is 3. The van der Waals surface area contributed by atoms with Gasteiger partial charge in [-0.2, -0.15) is 0 Å². The van der Waals surface area contributed by atoms with Crippen LogP contribution >= 0.6 is 15.9 Å². The van der Waals surface area contributed by atoms with Crippen LogP contribution in [0.25, 0.3) is 0 Å². The van der Waals surface area contributed by atoms with Crippen LogP contribution < -0.4 is 5.32 Å². The van der Waals surface area contributed by atoms with Crippen molar-refractivity contribution in [3.8, 4) is 0 Å². The number of likely N-dealkylation sites (N-methyl/N-ethyl adjacent to an activating group) is 1. The van der Waals surface area contributed by atoms with E-state index in [1.54, 1.807) is 25.4 Å². The maximum absolute atomic E-state index is 13.7. The molecule has 2 rings (SSSR count). The maximum atomic E-state index is 13.7. The molecule has 0 saturated carbocycles. The molecule has 1 atom stereocenters. The van der Waals surface area contributed by atoms with Crippen LogP contribution in [0, 0.1) is 11.6 Å². The fourth-order valence-corrected chi connectivity index (χ4v) is 2.39. The predicted octanol–water partition coefficient (Wildman–Crippen LogP) is 3.63. The molecular formula is C14H13BrF2N2. The highest BCUT2D eigenvalue weighted by molar-refractivity contribution is 9.10. The highest BCUT2D eigenvalue weighted by Crippen LogP contribution is 2.26. The summed E-state index contributed by atoms with van der Waals surface area (Å²) in [6, 6.07) is 6.24. The van der Waals surface area contributed by atoms with E-state index in [9.17, 15) is 8.78 Å². The number of aromatic nitrogens is 1. The van der Waals surface area contributed by atoms with Crippen molar-refractivity contribution in [1.82, 2.24) is 10.3 Å². The van der Waals surface area contributed by atoms with Crippen LogP contribution in [0.5, 0.6) is 0 Å². The second-order valence-corrected chi connectivity index (χ2v) is 4.95. The van der Waals surface area contributed by atoms with E-state index in [-0.39, 0.29) is 17.7 Å². The largest absolute Gasteiger partial charge is 0.313 e. The van der Waals surface area contributed by atoms with Gasteiger partial charge in [-0.15, -0.1) is 0 Å². The molecule has 2 nitrogen and oxygen atoms in total. The molecule has 1 aromatic carbocycles. The average Bonchev–Trinajstić information content (AvgIpc) is 2.41. The van der Waals surface area contributed by atoms with Gasteiger partial charge < -0.3 is 5.32 Å². The van der Waals surface area contributed by atoms with E-state index in [1.165, 1.54) is 12.3 Å². The van der Waals surface area contributed by atoms with Gasteiger partial charge in [0.25, 0.3) is 0 Å². The molecule has 0 spiro atoms. The molecule has 0 aliphatic rings. The number of rotatable bonds is 4. The highest BCUT2D eigenvalue weighted by Gasteiger charge is 2.16. The zero-order valence-electron chi connectivity index (χ0n) is 10.3. The van der Waals surface area contributed by atoms with Crippen molar-refractivity contribution in [2.45, 2.75) is 12.5 Å². The lowest BCUT2D eigenvalue weighted by Crippen LogP contribution is -2.20. The first-order chi connectivity index (χ1) is 9.13. The quantitative estimate of drug-likeness (QED) is 0.928. The van der Waals surface area contributed by atoms with Crippen LogP contribution in [0.3, 0.4) is 0 Å². The third kappa shape index (κ3) is 3.16. The van der Waals surface area contributed by atoms with Crippen LogP contribution in [0.15, 0.2) is 41.1 Å². The summed E-state index contributed by atoms with van der Waals surface area (Å²) in [4.78, 5) is 3.73. The Labute approximate surface area is 119 Å². The molecule has 1 heterocycles. The van der Waals surface area contributed by atoms with Gasteiger partial charge in [-0.1, -0.05) is 12.1 Å². The van der Waals surface area contributed by atoms with Crippen LogP contribution in [0.4, 0.5) is 8.78 Å². The molecule has 0 aliphatic carbocycles. The fourth-order valence-electron chi connectivity index (χ4n) is 1.96. The molecule has 1 aromatic heterocycles. The monoisotopic (exact) mass is 326 g/mol. The van der Waals surface area contributed by atoms with Crippen molar-refractivity contribution in [2.24, 2.45) is 0 Å². The Morgan fingerprint density at radius 3 is 2.74 bits per heavy atom. The van der Waals surface area contributed by atoms with Gasteiger partial charge in [-0.3, -0.25) is 4.98 Å². The van der Waals surface area contributed by atoms with Crippen molar-refractivity contribution >= 4 is 15.9 Å². The predicted molar refractivity (Wildman–Crippen MR) is 73.8 cm³/mol. The summed E-state index contributed by atoms with van der Waals surface area (Å²) in [6.07, 6.45) is 3.21. The topological polar surface area (TPSA) is 24.9 Å². The second-order valence-electron chi connectivity index (χ2n) is 4.16. The van der Waals surface area contributed by atoms with Crippen molar-refractivity contribution in [2.75, 3.05) is 7.05 Å². The Bertz CT molecular complexity index is 575. The van der Waals surface area contributed by atoms with E-state index in [0.717, 1.165) is 5.56 Å². The number of pyridine rings is 1. The molecule has 0 aliphatic heterocycles. The minimum Gasteiger partial charge on any atom is -0.313 e. The van der Waals surface area contributed by atoms with Crippen LogP contribution in [-0.2, 0) is 6.42 Å². The Hall–Kier alpha value is -1.33. The molecule has 0 fully saturated rings. The van der Waals surface area contributed by atoms with E-state index >= 15 is 0 Å². The molecule has 0 radical (unpaired) electrons. The molecule has 2 aromatic rings. The number of hydrogen-bond donors (Lipinski definition) is 1. The summed E-state index contributed by atoms with van der Waals surface area (Å²) >= 11 is 3.22. The zero-order valence-corrected chi connectivity index (χ0v) is 11.9. The molecule has 0 bridgehead atoms. The van der Waals surface area contributed by atoms with Gasteiger partial charge >= 0.3 is 0 Å². The summed E-state index contributed by atoms with van der Waals surface area (Å²) in [5.41, 5.74) is 1.31. The second kappa shape index (κ2) is 6.21. The molecule has 0 saturated heterocycles. The molecular weight excluding hydrogens is 314 g/mol. The Kier molecular flexibility index (Phi) is 4.61. The van der Waals surface area contributed by atoms with Gasteiger partial charge in [-0.05, 0) is 47.1 Å². The minimum absolute atomic E-state index is 0.235. The van der Waals surface area contributed by atoms with Gasteiger partial charge in [-0.25, -0.2) is 8.78 Å². The van der Waals surface area contributed by atoms with E-state index in [0.29, 0.717) is 16.5 Å². The first-order valence-corrected chi connectivity index (χ1v) is 6.62. The Morgan fingerprint density at radius 1 is 1.26 bits per heavy atom. The van der Waals surface area contributed by atoms with Crippen molar-refractivity contribution < 1.29 is 8.78 Å². The molecule has 100 valence electrons. The van der Waals surface area contributed by atoms with Crippen molar-refractivity contribution in [3.63, 3.8) is 0 Å². The molecule has 1 unspecified atom stereocenters. The molecule has 5 heteroatoms. The molecule has 19 heavy (non-hydrogen) atoms. The van der Waals surface area contributed by atoms with E-state index in [4.69, 9.17) is 0 Å². The van der Waals surface area contributed by atoms with Crippen molar-refractivity contribution in [1.29, 1.82) is 0 Å². The third-order valence-corrected chi connectivity index (χ3v) is 3.87. The Morgan fingerprint density at radius 2 is 2.05 bits per heavy atom. The third-order valence-electron chi connectivity index (χ3n) is 2.98. The standard InChI is InChI=1S/C14H13BrF2N2/c1-18-13(10-5-6-19-8-12(10)17)7-9-3-2-4-11(16)14(9)15/h2-6,8,13,18H,7H2,1H3. The van der Waals surface area contributed by atoms with Crippen LogP contribution in [-0.4, -0.2) is 12.0 Å². The zero-order chi connectivity index (χ0) is 13.8. The van der Waals surface area contributed by atoms with Gasteiger partial charge in [0.2, 0.25) is 0 Å². The lowest BCUT2D eigenvalue weighted by atomic mass is 9.99. The summed E-state index contributed by atoms with van der Waals surface area (Å²) in [5, 5.41) is 3.04. The lowest BCUT2D eigenvalue weighted by molar-refractivity contribution is 0.528. The van der Waals surface area contributed by atoms with E-state index < -0.39 is 0 Å². The van der Waals surface area contributed by atoms with E-state index in [2.05, 4.69) is 26.2 Å². The smallest absolute Gasteiger partial charge is 0.146 e.